The van der Waals surface area contributed by atoms with E-state index in [0.29, 0.717) is 6.04 Å². The van der Waals surface area contributed by atoms with E-state index in [0.717, 1.165) is 11.8 Å². The SMILES string of the molecule is CNC(c1ccc2[nH]c3ccccc3c2c1)C1CC1C. The van der Waals surface area contributed by atoms with Crippen molar-refractivity contribution in [3.8, 4) is 0 Å². The highest BCUT2D eigenvalue weighted by Crippen LogP contribution is 2.47. The molecule has 4 rings (SSSR count). The van der Waals surface area contributed by atoms with Crippen LogP contribution in [0.2, 0.25) is 0 Å². The van der Waals surface area contributed by atoms with Crippen LogP contribution < -0.4 is 5.32 Å². The van der Waals surface area contributed by atoms with Gasteiger partial charge in [-0.1, -0.05) is 31.2 Å². The first-order chi connectivity index (χ1) is 9.78. The summed E-state index contributed by atoms with van der Waals surface area (Å²) in [5.74, 6) is 1.65. The maximum atomic E-state index is 3.51. The molecule has 1 aromatic heterocycles. The molecular weight excluding hydrogens is 244 g/mol. The molecule has 3 aromatic rings. The van der Waals surface area contributed by atoms with Gasteiger partial charge in [0.05, 0.1) is 0 Å². The highest BCUT2D eigenvalue weighted by atomic mass is 14.9. The summed E-state index contributed by atoms with van der Waals surface area (Å²) in [5, 5.41) is 6.17. The Kier molecular flexibility index (Phi) is 2.61. The normalized spacial score (nSPS) is 23.3. The van der Waals surface area contributed by atoms with Crippen LogP contribution in [-0.2, 0) is 0 Å². The van der Waals surface area contributed by atoms with Crippen molar-refractivity contribution in [2.45, 2.75) is 19.4 Å². The number of aromatic amines is 1. The average Bonchev–Trinajstić information content (AvgIpc) is 3.06. The Morgan fingerprint density at radius 2 is 1.85 bits per heavy atom. The molecule has 2 nitrogen and oxygen atoms in total. The van der Waals surface area contributed by atoms with Gasteiger partial charge in [-0.2, -0.15) is 0 Å². The molecular formula is C18H20N2. The number of H-pyrrole nitrogens is 1. The average molecular weight is 264 g/mol. The molecule has 2 N–H and O–H groups in total. The zero-order valence-electron chi connectivity index (χ0n) is 12.0. The predicted octanol–water partition coefficient (Wildman–Crippen LogP) is 4.24. The molecule has 0 spiro atoms. The highest BCUT2D eigenvalue weighted by Gasteiger charge is 2.39. The van der Waals surface area contributed by atoms with Gasteiger partial charge in [-0.05, 0) is 49.1 Å². The lowest BCUT2D eigenvalue weighted by Gasteiger charge is -2.16. The maximum Gasteiger partial charge on any atom is 0.0465 e. The number of para-hydroxylation sites is 1. The van der Waals surface area contributed by atoms with E-state index in [1.54, 1.807) is 0 Å². The molecule has 0 bridgehead atoms. The zero-order valence-corrected chi connectivity index (χ0v) is 12.0. The lowest BCUT2D eigenvalue weighted by Crippen LogP contribution is -2.18. The van der Waals surface area contributed by atoms with Gasteiger partial charge >= 0.3 is 0 Å². The standard InChI is InChI=1S/C18H20N2/c1-11-9-14(11)18(19-2)12-7-8-17-15(10-12)13-5-3-4-6-16(13)20-17/h3-8,10-11,14,18-20H,9H2,1-2H3. The molecule has 2 aromatic carbocycles. The van der Waals surface area contributed by atoms with Crippen molar-refractivity contribution >= 4 is 21.8 Å². The lowest BCUT2D eigenvalue weighted by atomic mass is 9.99. The van der Waals surface area contributed by atoms with Gasteiger partial charge in [0.2, 0.25) is 0 Å². The molecule has 20 heavy (non-hydrogen) atoms. The minimum Gasteiger partial charge on any atom is -0.355 e. The third-order valence-electron chi connectivity index (χ3n) is 4.80. The van der Waals surface area contributed by atoms with E-state index in [-0.39, 0.29) is 0 Å². The first-order valence-corrected chi connectivity index (χ1v) is 7.45. The third-order valence-corrected chi connectivity index (χ3v) is 4.80. The first kappa shape index (κ1) is 12.0. The molecule has 0 saturated heterocycles. The van der Waals surface area contributed by atoms with Crippen molar-refractivity contribution in [2.75, 3.05) is 7.05 Å². The second kappa shape index (κ2) is 4.35. The van der Waals surface area contributed by atoms with Gasteiger partial charge in [0.15, 0.2) is 0 Å². The van der Waals surface area contributed by atoms with Crippen LogP contribution >= 0.6 is 0 Å². The van der Waals surface area contributed by atoms with Crippen molar-refractivity contribution < 1.29 is 0 Å². The topological polar surface area (TPSA) is 27.8 Å². The van der Waals surface area contributed by atoms with Crippen LogP contribution in [0.5, 0.6) is 0 Å². The van der Waals surface area contributed by atoms with Crippen molar-refractivity contribution in [3.05, 3.63) is 48.0 Å². The molecule has 102 valence electrons. The summed E-state index contributed by atoms with van der Waals surface area (Å²) >= 11 is 0. The Labute approximate surface area is 119 Å². The Hall–Kier alpha value is -1.80. The number of aromatic nitrogens is 1. The quantitative estimate of drug-likeness (QED) is 0.727. The van der Waals surface area contributed by atoms with Gasteiger partial charge in [-0.3, -0.25) is 0 Å². The maximum absolute atomic E-state index is 3.51. The summed E-state index contributed by atoms with van der Waals surface area (Å²) in [6, 6.07) is 15.9. The Morgan fingerprint density at radius 3 is 2.60 bits per heavy atom. The molecule has 0 radical (unpaired) electrons. The van der Waals surface area contributed by atoms with Crippen molar-refractivity contribution in [2.24, 2.45) is 11.8 Å². The van der Waals surface area contributed by atoms with E-state index < -0.39 is 0 Å². The first-order valence-electron chi connectivity index (χ1n) is 7.45. The Bertz CT molecular complexity index is 771. The monoisotopic (exact) mass is 264 g/mol. The number of hydrogen-bond donors (Lipinski definition) is 2. The van der Waals surface area contributed by atoms with Crippen molar-refractivity contribution in [1.82, 2.24) is 10.3 Å². The number of hydrogen-bond acceptors (Lipinski definition) is 1. The van der Waals surface area contributed by atoms with Gasteiger partial charge in [0.1, 0.15) is 0 Å². The fraction of sp³-hybridized carbons (Fsp3) is 0.333. The van der Waals surface area contributed by atoms with E-state index in [2.05, 4.69) is 66.7 Å². The summed E-state index contributed by atoms with van der Waals surface area (Å²) in [4.78, 5) is 3.50. The second-order valence-corrected chi connectivity index (χ2v) is 6.12. The van der Waals surface area contributed by atoms with E-state index in [1.165, 1.54) is 33.8 Å². The smallest absolute Gasteiger partial charge is 0.0465 e. The van der Waals surface area contributed by atoms with Crippen molar-refractivity contribution in [1.29, 1.82) is 0 Å². The molecule has 0 aliphatic heterocycles. The van der Waals surface area contributed by atoms with Gasteiger partial charge in [0.25, 0.3) is 0 Å². The Balaban J connectivity index is 1.86. The summed E-state index contributed by atoms with van der Waals surface area (Å²) < 4.78 is 0. The third kappa shape index (κ3) is 1.75. The second-order valence-electron chi connectivity index (χ2n) is 6.12. The largest absolute Gasteiger partial charge is 0.355 e. The van der Waals surface area contributed by atoms with Gasteiger partial charge < -0.3 is 10.3 Å². The van der Waals surface area contributed by atoms with Crippen LogP contribution in [0, 0.1) is 11.8 Å². The minimum absolute atomic E-state index is 0.489. The molecule has 3 atom stereocenters. The molecule has 0 amide bonds. The fourth-order valence-corrected chi connectivity index (χ4v) is 3.50. The van der Waals surface area contributed by atoms with E-state index >= 15 is 0 Å². The van der Waals surface area contributed by atoms with Gasteiger partial charge in [0, 0.05) is 27.8 Å². The number of benzene rings is 2. The molecule has 1 fully saturated rings. The fourth-order valence-electron chi connectivity index (χ4n) is 3.50. The van der Waals surface area contributed by atoms with Crippen LogP contribution in [0.4, 0.5) is 0 Å². The molecule has 3 unspecified atom stereocenters. The molecule has 1 aliphatic carbocycles. The van der Waals surface area contributed by atoms with Crippen LogP contribution in [0.15, 0.2) is 42.5 Å². The lowest BCUT2D eigenvalue weighted by molar-refractivity contribution is 0.504. The van der Waals surface area contributed by atoms with Crippen LogP contribution in [0.25, 0.3) is 21.8 Å². The Morgan fingerprint density at radius 1 is 1.10 bits per heavy atom. The molecule has 1 aliphatic rings. The molecule has 2 heteroatoms. The van der Waals surface area contributed by atoms with E-state index in [4.69, 9.17) is 0 Å². The van der Waals surface area contributed by atoms with Crippen molar-refractivity contribution in [3.63, 3.8) is 0 Å². The summed E-state index contributed by atoms with van der Waals surface area (Å²) in [6.07, 6.45) is 1.34. The van der Waals surface area contributed by atoms with E-state index in [9.17, 15) is 0 Å². The highest BCUT2D eigenvalue weighted by molar-refractivity contribution is 6.07. The number of fused-ring (bicyclic) bond motifs is 3. The molecule has 1 saturated carbocycles. The predicted molar refractivity (Wildman–Crippen MR) is 84.9 cm³/mol. The van der Waals surface area contributed by atoms with E-state index in [1.807, 2.05) is 0 Å². The summed E-state index contributed by atoms with van der Waals surface area (Å²) in [6.45, 7) is 2.35. The zero-order chi connectivity index (χ0) is 13.7. The number of rotatable bonds is 3. The minimum atomic E-state index is 0.489. The van der Waals surface area contributed by atoms with Gasteiger partial charge in [-0.25, -0.2) is 0 Å². The number of nitrogens with one attached hydrogen (secondary N) is 2. The molecule has 1 heterocycles. The van der Waals surface area contributed by atoms with Gasteiger partial charge in [-0.15, -0.1) is 0 Å². The summed E-state index contributed by atoms with van der Waals surface area (Å²) in [5.41, 5.74) is 3.87. The summed E-state index contributed by atoms with van der Waals surface area (Å²) in [7, 11) is 2.08. The van der Waals surface area contributed by atoms with Crippen LogP contribution in [0.3, 0.4) is 0 Å². The van der Waals surface area contributed by atoms with Crippen LogP contribution in [0.1, 0.15) is 24.9 Å². The van der Waals surface area contributed by atoms with Crippen LogP contribution in [-0.4, -0.2) is 12.0 Å².